The second-order valence-electron chi connectivity index (χ2n) is 4.90. The van der Waals surface area contributed by atoms with Crippen LogP contribution < -0.4 is 0 Å². The number of aromatic nitrogens is 2. The van der Waals surface area contributed by atoms with E-state index in [2.05, 4.69) is 45.3 Å². The highest BCUT2D eigenvalue weighted by Crippen LogP contribution is 2.50. The van der Waals surface area contributed by atoms with Crippen LogP contribution in [-0.2, 0) is 13.5 Å². The third kappa shape index (κ3) is 1.58. The predicted molar refractivity (Wildman–Crippen MR) is 69.9 cm³/mol. The van der Waals surface area contributed by atoms with Crippen LogP contribution in [0.2, 0.25) is 0 Å². The summed E-state index contributed by atoms with van der Waals surface area (Å²) in [7, 11) is 2.03. The van der Waals surface area contributed by atoms with Crippen LogP contribution in [0.1, 0.15) is 18.5 Å². The van der Waals surface area contributed by atoms with E-state index in [0.717, 1.165) is 11.8 Å². The van der Waals surface area contributed by atoms with Gasteiger partial charge in [0.15, 0.2) is 0 Å². The topological polar surface area (TPSA) is 17.8 Å². The Labute approximate surface area is 104 Å². The first-order chi connectivity index (χ1) is 7.74. The molecule has 0 bridgehead atoms. The molecule has 1 aliphatic rings. The summed E-state index contributed by atoms with van der Waals surface area (Å²) in [4.78, 5) is 0. The molecule has 3 rings (SSSR count). The van der Waals surface area contributed by atoms with Gasteiger partial charge < -0.3 is 0 Å². The minimum atomic E-state index is 0.497. The molecule has 0 amide bonds. The molecule has 1 heterocycles. The van der Waals surface area contributed by atoms with E-state index in [1.165, 1.54) is 29.4 Å². The van der Waals surface area contributed by atoms with Crippen molar-refractivity contribution in [1.82, 2.24) is 9.78 Å². The molecule has 1 saturated carbocycles. The van der Waals surface area contributed by atoms with Gasteiger partial charge in [-0.1, -0.05) is 34.1 Å². The Balaban J connectivity index is 2.04. The van der Waals surface area contributed by atoms with E-state index in [4.69, 9.17) is 0 Å². The first-order valence-electron chi connectivity index (χ1n) is 5.71. The number of rotatable bonds is 3. The van der Waals surface area contributed by atoms with Crippen LogP contribution in [-0.4, -0.2) is 15.1 Å². The van der Waals surface area contributed by atoms with Crippen molar-refractivity contribution in [2.24, 2.45) is 12.5 Å². The Hall–Kier alpha value is -0.830. The zero-order valence-electron chi connectivity index (χ0n) is 9.41. The number of para-hydroxylation sites is 1. The molecule has 0 saturated heterocycles. The van der Waals surface area contributed by atoms with E-state index in [1.54, 1.807) is 0 Å². The molecule has 1 aromatic heterocycles. The number of hydrogen-bond acceptors (Lipinski definition) is 1. The van der Waals surface area contributed by atoms with Crippen LogP contribution in [0.4, 0.5) is 0 Å². The zero-order chi connectivity index (χ0) is 11.2. The normalized spacial score (nSPS) is 17.9. The standard InChI is InChI=1S/C13H15BrN2/c1-16-12-5-3-2-4-10(12)11(15-16)8-13(9-14)6-7-13/h2-5H,6-9H2,1H3. The van der Waals surface area contributed by atoms with Gasteiger partial charge >= 0.3 is 0 Å². The Morgan fingerprint density at radius 2 is 2.12 bits per heavy atom. The van der Waals surface area contributed by atoms with Crippen molar-refractivity contribution in [2.45, 2.75) is 19.3 Å². The van der Waals surface area contributed by atoms with Crippen LogP contribution in [0.3, 0.4) is 0 Å². The lowest BCUT2D eigenvalue weighted by Gasteiger charge is -2.08. The number of alkyl halides is 1. The number of nitrogens with zero attached hydrogens (tertiary/aromatic N) is 2. The molecule has 0 aliphatic heterocycles. The van der Waals surface area contributed by atoms with Crippen LogP contribution in [0.15, 0.2) is 24.3 Å². The molecule has 1 fully saturated rings. The van der Waals surface area contributed by atoms with Crippen molar-refractivity contribution in [1.29, 1.82) is 0 Å². The Morgan fingerprint density at radius 1 is 1.38 bits per heavy atom. The van der Waals surface area contributed by atoms with Crippen molar-refractivity contribution in [3.63, 3.8) is 0 Å². The molecule has 2 nitrogen and oxygen atoms in total. The summed E-state index contributed by atoms with van der Waals surface area (Å²) in [6.45, 7) is 0. The molecular weight excluding hydrogens is 264 g/mol. The van der Waals surface area contributed by atoms with E-state index >= 15 is 0 Å². The van der Waals surface area contributed by atoms with Gasteiger partial charge in [-0.15, -0.1) is 0 Å². The zero-order valence-corrected chi connectivity index (χ0v) is 11.0. The highest BCUT2D eigenvalue weighted by atomic mass is 79.9. The van der Waals surface area contributed by atoms with Gasteiger partial charge in [-0.3, -0.25) is 4.68 Å². The lowest BCUT2D eigenvalue weighted by molar-refractivity contribution is 0.570. The van der Waals surface area contributed by atoms with E-state index in [0.29, 0.717) is 5.41 Å². The maximum atomic E-state index is 4.66. The molecule has 0 unspecified atom stereocenters. The third-order valence-electron chi connectivity index (χ3n) is 3.62. The van der Waals surface area contributed by atoms with Gasteiger partial charge in [-0.2, -0.15) is 5.10 Å². The minimum Gasteiger partial charge on any atom is -0.268 e. The summed E-state index contributed by atoms with van der Waals surface area (Å²) in [5.41, 5.74) is 3.00. The third-order valence-corrected chi connectivity index (χ3v) is 4.81. The number of benzene rings is 1. The first-order valence-corrected chi connectivity index (χ1v) is 6.83. The molecule has 0 radical (unpaired) electrons. The smallest absolute Gasteiger partial charge is 0.0709 e. The van der Waals surface area contributed by atoms with Gasteiger partial charge in [0, 0.05) is 17.8 Å². The lowest BCUT2D eigenvalue weighted by Crippen LogP contribution is -2.07. The summed E-state index contributed by atoms with van der Waals surface area (Å²) in [6, 6.07) is 8.49. The second kappa shape index (κ2) is 3.59. The predicted octanol–water partition coefficient (Wildman–Crippen LogP) is 3.29. The second-order valence-corrected chi connectivity index (χ2v) is 5.46. The summed E-state index contributed by atoms with van der Waals surface area (Å²) < 4.78 is 2.00. The fourth-order valence-electron chi connectivity index (χ4n) is 2.31. The van der Waals surface area contributed by atoms with Gasteiger partial charge in [0.2, 0.25) is 0 Å². The summed E-state index contributed by atoms with van der Waals surface area (Å²) >= 11 is 3.63. The van der Waals surface area contributed by atoms with Crippen molar-refractivity contribution >= 4 is 26.8 Å². The molecule has 2 aromatic rings. The van der Waals surface area contributed by atoms with E-state index < -0.39 is 0 Å². The molecule has 84 valence electrons. The maximum absolute atomic E-state index is 4.66. The van der Waals surface area contributed by atoms with Crippen LogP contribution in [0.25, 0.3) is 10.9 Å². The quantitative estimate of drug-likeness (QED) is 0.788. The Bertz CT molecular complexity index is 526. The SMILES string of the molecule is Cn1nc(CC2(CBr)CC2)c2ccccc21. The highest BCUT2D eigenvalue weighted by molar-refractivity contribution is 9.09. The van der Waals surface area contributed by atoms with E-state index in [1.807, 2.05) is 11.7 Å². The Kier molecular flexibility index (Phi) is 2.32. The number of fused-ring (bicyclic) bond motifs is 1. The highest BCUT2D eigenvalue weighted by Gasteiger charge is 2.42. The summed E-state index contributed by atoms with van der Waals surface area (Å²) in [6.07, 6.45) is 3.78. The molecule has 0 atom stereocenters. The fourth-order valence-corrected chi connectivity index (χ4v) is 3.07. The maximum Gasteiger partial charge on any atom is 0.0709 e. The van der Waals surface area contributed by atoms with Crippen molar-refractivity contribution in [3.8, 4) is 0 Å². The number of aryl methyl sites for hydroxylation is 1. The number of halogens is 1. The van der Waals surface area contributed by atoms with Gasteiger partial charge in [-0.05, 0) is 30.7 Å². The van der Waals surface area contributed by atoms with Gasteiger partial charge in [0.05, 0.1) is 11.2 Å². The van der Waals surface area contributed by atoms with E-state index in [-0.39, 0.29) is 0 Å². The average molecular weight is 279 g/mol. The average Bonchev–Trinajstić information content (AvgIpc) is 3.02. The molecule has 1 aliphatic carbocycles. The van der Waals surface area contributed by atoms with Gasteiger partial charge in [0.1, 0.15) is 0 Å². The monoisotopic (exact) mass is 278 g/mol. The largest absolute Gasteiger partial charge is 0.268 e. The van der Waals surface area contributed by atoms with Crippen molar-refractivity contribution in [3.05, 3.63) is 30.0 Å². The van der Waals surface area contributed by atoms with Crippen molar-refractivity contribution < 1.29 is 0 Å². The molecule has 0 spiro atoms. The van der Waals surface area contributed by atoms with Gasteiger partial charge in [-0.25, -0.2) is 0 Å². The summed E-state index contributed by atoms with van der Waals surface area (Å²) in [5, 5.41) is 7.08. The Morgan fingerprint density at radius 3 is 2.81 bits per heavy atom. The van der Waals surface area contributed by atoms with Crippen LogP contribution >= 0.6 is 15.9 Å². The molecule has 0 N–H and O–H groups in total. The van der Waals surface area contributed by atoms with Crippen LogP contribution in [0, 0.1) is 5.41 Å². The number of hydrogen-bond donors (Lipinski definition) is 0. The molecular formula is C13H15BrN2. The molecule has 16 heavy (non-hydrogen) atoms. The van der Waals surface area contributed by atoms with E-state index in [9.17, 15) is 0 Å². The first kappa shape index (κ1) is 10.3. The fraction of sp³-hybridized carbons (Fsp3) is 0.462. The van der Waals surface area contributed by atoms with Crippen LogP contribution in [0.5, 0.6) is 0 Å². The lowest BCUT2D eigenvalue weighted by atomic mass is 10.0. The minimum absolute atomic E-state index is 0.497. The summed E-state index contributed by atoms with van der Waals surface area (Å²) in [5.74, 6) is 0. The molecule has 3 heteroatoms. The van der Waals surface area contributed by atoms with Crippen molar-refractivity contribution in [2.75, 3.05) is 5.33 Å². The molecule has 1 aromatic carbocycles. The van der Waals surface area contributed by atoms with Gasteiger partial charge in [0.25, 0.3) is 0 Å².